The Hall–Kier alpha value is -3.39. The predicted molar refractivity (Wildman–Crippen MR) is 158 cm³/mol. The molecule has 2 N–H and O–H groups in total. The van der Waals surface area contributed by atoms with Gasteiger partial charge in [-0.2, -0.15) is 9.97 Å². The van der Waals surface area contributed by atoms with Crippen molar-refractivity contribution in [1.82, 2.24) is 15.3 Å². The molecule has 194 valence electrons. The van der Waals surface area contributed by atoms with Crippen LogP contribution in [0.5, 0.6) is 0 Å². The van der Waals surface area contributed by atoms with E-state index in [1.807, 2.05) is 0 Å². The van der Waals surface area contributed by atoms with E-state index < -0.39 is 0 Å². The van der Waals surface area contributed by atoms with Crippen molar-refractivity contribution >= 4 is 40.6 Å². The fraction of sp³-hybridized carbons (Fsp3) is 0.414. The number of benzene rings is 2. The maximum atomic E-state index is 5.60. The summed E-state index contributed by atoms with van der Waals surface area (Å²) >= 11 is 5.60. The number of thiocarbonyl (C=S) groups is 1. The Kier molecular flexibility index (Phi) is 8.69. The molecule has 0 unspecified atom stereocenters. The van der Waals surface area contributed by atoms with Gasteiger partial charge in [-0.3, -0.25) is 0 Å². The van der Waals surface area contributed by atoms with E-state index in [-0.39, 0.29) is 0 Å². The zero-order valence-electron chi connectivity index (χ0n) is 21.5. The summed E-state index contributed by atoms with van der Waals surface area (Å²) in [4.78, 5) is 17.0. The Morgan fingerprint density at radius 1 is 0.730 bits per heavy atom. The van der Waals surface area contributed by atoms with E-state index in [1.54, 1.807) is 0 Å². The van der Waals surface area contributed by atoms with Crippen molar-refractivity contribution in [3.8, 4) is 0 Å². The first kappa shape index (κ1) is 25.3. The number of hydrogen-bond donors (Lipinski definition) is 2. The first-order valence-electron chi connectivity index (χ1n) is 13.5. The lowest BCUT2D eigenvalue weighted by molar-refractivity contribution is 0.573. The van der Waals surface area contributed by atoms with E-state index in [2.05, 4.69) is 92.1 Å². The van der Waals surface area contributed by atoms with Gasteiger partial charge in [-0.1, -0.05) is 48.5 Å². The van der Waals surface area contributed by atoms with Crippen LogP contribution in [0.3, 0.4) is 0 Å². The molecular formula is C29H37N7S. The van der Waals surface area contributed by atoms with E-state index in [4.69, 9.17) is 22.2 Å². The number of aromatic nitrogens is 2. The van der Waals surface area contributed by atoms with Gasteiger partial charge in [0.15, 0.2) is 5.11 Å². The maximum absolute atomic E-state index is 5.60. The molecule has 0 amide bonds. The summed E-state index contributed by atoms with van der Waals surface area (Å²) in [6.45, 7) is 6.68. The van der Waals surface area contributed by atoms with Gasteiger partial charge in [-0.15, -0.1) is 0 Å². The first-order chi connectivity index (χ1) is 18.2. The van der Waals surface area contributed by atoms with E-state index >= 15 is 0 Å². The smallest absolute Gasteiger partial charge is 0.232 e. The van der Waals surface area contributed by atoms with Gasteiger partial charge in [0.1, 0.15) is 11.6 Å². The van der Waals surface area contributed by atoms with Crippen LogP contribution < -0.4 is 25.3 Å². The molecule has 0 atom stereocenters. The van der Waals surface area contributed by atoms with E-state index in [0.29, 0.717) is 11.1 Å². The molecule has 2 aliphatic rings. The van der Waals surface area contributed by atoms with E-state index in [0.717, 1.165) is 70.3 Å². The molecule has 0 aliphatic carbocycles. The number of piperidine rings is 1. The van der Waals surface area contributed by atoms with Crippen LogP contribution in [0, 0.1) is 0 Å². The van der Waals surface area contributed by atoms with Crippen LogP contribution in [0.2, 0.25) is 0 Å². The number of nitrogens with one attached hydrogen (secondary N) is 2. The van der Waals surface area contributed by atoms with Gasteiger partial charge < -0.3 is 25.3 Å². The summed E-state index contributed by atoms with van der Waals surface area (Å²) in [6, 6.07) is 23.4. The molecule has 1 aromatic heterocycles. The second-order valence-corrected chi connectivity index (χ2v) is 10.1. The van der Waals surface area contributed by atoms with Crippen molar-refractivity contribution in [3.05, 3.63) is 72.3 Å². The largest absolute Gasteiger partial charge is 0.368 e. The number of piperazine rings is 1. The predicted octanol–water partition coefficient (Wildman–Crippen LogP) is 4.71. The molecular weight excluding hydrogens is 478 g/mol. The number of rotatable bonds is 8. The number of aryl methyl sites for hydroxylation is 1. The molecule has 2 aromatic carbocycles. The number of nitrogens with zero attached hydrogens (tertiary/aromatic N) is 5. The number of para-hydroxylation sites is 1. The van der Waals surface area contributed by atoms with Gasteiger partial charge in [0.2, 0.25) is 5.95 Å². The molecule has 37 heavy (non-hydrogen) atoms. The van der Waals surface area contributed by atoms with Crippen LogP contribution in [0.1, 0.15) is 31.2 Å². The summed E-state index contributed by atoms with van der Waals surface area (Å²) in [5, 5.41) is 7.17. The summed E-state index contributed by atoms with van der Waals surface area (Å²) in [7, 11) is 0. The molecule has 2 saturated heterocycles. The molecule has 7 nitrogen and oxygen atoms in total. The SMILES string of the molecule is S=C(NCCCc1ccccc1)Nc1nc(N2CCCCC2)cc(N2CCN(c3ccccc3)CC2)n1. The first-order valence-corrected chi connectivity index (χ1v) is 13.9. The van der Waals surface area contributed by atoms with Gasteiger partial charge >= 0.3 is 0 Å². The van der Waals surface area contributed by atoms with Crippen molar-refractivity contribution < 1.29 is 0 Å². The third-order valence-corrected chi connectivity index (χ3v) is 7.35. The van der Waals surface area contributed by atoms with Crippen molar-refractivity contribution in [2.24, 2.45) is 0 Å². The molecule has 3 aromatic rings. The molecule has 0 radical (unpaired) electrons. The lowest BCUT2D eigenvalue weighted by Crippen LogP contribution is -2.47. The van der Waals surface area contributed by atoms with E-state index in [1.165, 1.54) is 30.5 Å². The zero-order valence-corrected chi connectivity index (χ0v) is 22.3. The van der Waals surface area contributed by atoms with E-state index in [9.17, 15) is 0 Å². The highest BCUT2D eigenvalue weighted by Crippen LogP contribution is 2.26. The zero-order chi connectivity index (χ0) is 25.3. The Balaban J connectivity index is 1.22. The Morgan fingerprint density at radius 3 is 2.00 bits per heavy atom. The standard InChI is InChI=1S/C29H37N7S/c37-29(30-16-10-13-24-11-4-1-5-12-24)33-28-31-26(35-17-8-3-9-18-35)23-27(32-28)36-21-19-34(20-22-36)25-14-6-2-7-15-25/h1-2,4-7,11-12,14-15,23H,3,8-10,13,16-22H2,(H2,30,31,32,33,37). The van der Waals surface area contributed by atoms with Crippen LogP contribution in [-0.4, -0.2) is 60.9 Å². The second-order valence-electron chi connectivity index (χ2n) is 9.74. The minimum Gasteiger partial charge on any atom is -0.368 e. The summed E-state index contributed by atoms with van der Waals surface area (Å²) in [5.74, 6) is 2.53. The average Bonchev–Trinajstić information content (AvgIpc) is 2.97. The average molecular weight is 516 g/mol. The van der Waals surface area contributed by atoms with Crippen molar-refractivity contribution in [2.45, 2.75) is 32.1 Å². The molecule has 5 rings (SSSR count). The highest BCUT2D eigenvalue weighted by atomic mass is 32.1. The Bertz CT molecular complexity index is 1130. The fourth-order valence-electron chi connectivity index (χ4n) is 5.04. The second kappa shape index (κ2) is 12.7. The number of hydrogen-bond acceptors (Lipinski definition) is 6. The van der Waals surface area contributed by atoms with Crippen LogP contribution >= 0.6 is 12.2 Å². The van der Waals surface area contributed by atoms with Gasteiger partial charge in [-0.05, 0) is 62.0 Å². The molecule has 2 fully saturated rings. The molecule has 8 heteroatoms. The quantitative estimate of drug-likeness (QED) is 0.330. The molecule has 2 aliphatic heterocycles. The molecule has 0 bridgehead atoms. The monoisotopic (exact) mass is 515 g/mol. The van der Waals surface area contributed by atoms with Gasteiger partial charge in [-0.25, -0.2) is 0 Å². The van der Waals surface area contributed by atoms with Crippen LogP contribution in [0.15, 0.2) is 66.7 Å². The van der Waals surface area contributed by atoms with Crippen molar-refractivity contribution in [3.63, 3.8) is 0 Å². The summed E-state index contributed by atoms with van der Waals surface area (Å²) < 4.78 is 0. The summed E-state index contributed by atoms with van der Waals surface area (Å²) in [6.07, 6.45) is 5.74. The normalized spacial score (nSPS) is 15.9. The lowest BCUT2D eigenvalue weighted by Gasteiger charge is -2.37. The van der Waals surface area contributed by atoms with Crippen molar-refractivity contribution in [1.29, 1.82) is 0 Å². The lowest BCUT2D eigenvalue weighted by atomic mass is 10.1. The Morgan fingerprint density at radius 2 is 1.32 bits per heavy atom. The van der Waals surface area contributed by atoms with Crippen LogP contribution in [-0.2, 0) is 6.42 Å². The third kappa shape index (κ3) is 7.10. The molecule has 0 saturated carbocycles. The van der Waals surface area contributed by atoms with Crippen LogP contribution in [0.25, 0.3) is 0 Å². The van der Waals surface area contributed by atoms with Crippen LogP contribution in [0.4, 0.5) is 23.3 Å². The minimum atomic E-state index is 0.573. The molecule has 3 heterocycles. The van der Waals surface area contributed by atoms with Gasteiger partial charge in [0.05, 0.1) is 0 Å². The molecule has 0 spiro atoms. The fourth-order valence-corrected chi connectivity index (χ4v) is 5.24. The minimum absolute atomic E-state index is 0.573. The third-order valence-electron chi connectivity index (χ3n) is 7.10. The Labute approximate surface area is 225 Å². The topological polar surface area (TPSA) is 59.6 Å². The highest BCUT2D eigenvalue weighted by Gasteiger charge is 2.22. The van der Waals surface area contributed by atoms with Crippen molar-refractivity contribution in [2.75, 3.05) is 65.8 Å². The van der Waals surface area contributed by atoms with Gasteiger partial charge in [0, 0.05) is 57.6 Å². The summed E-state index contributed by atoms with van der Waals surface area (Å²) in [5.41, 5.74) is 2.63. The van der Waals surface area contributed by atoms with Gasteiger partial charge in [0.25, 0.3) is 0 Å². The maximum Gasteiger partial charge on any atom is 0.232 e. The highest BCUT2D eigenvalue weighted by molar-refractivity contribution is 7.80. The number of anilines is 4.